The highest BCUT2D eigenvalue weighted by Crippen LogP contribution is 2.14. The molecular formula is C5H5N2O3. The Morgan fingerprint density at radius 2 is 2.20 bits per heavy atom. The zero-order chi connectivity index (χ0) is 7.72. The molecule has 5 heteroatoms. The molecule has 0 saturated carbocycles. The van der Waals surface area contributed by atoms with E-state index >= 15 is 0 Å². The second-order valence-corrected chi connectivity index (χ2v) is 1.80. The fourth-order valence-electron chi connectivity index (χ4n) is 0.560. The lowest BCUT2D eigenvalue weighted by Gasteiger charge is -1.92. The zero-order valence-electron chi connectivity index (χ0n) is 5.21. The molecule has 0 unspecified atom stereocenters. The Kier molecular flexibility index (Phi) is 1.33. The van der Waals surface area contributed by atoms with Gasteiger partial charge in [-0.3, -0.25) is 9.90 Å². The Balaban J connectivity index is 3.46. The number of hydrogen-bond acceptors (Lipinski definition) is 3. The van der Waals surface area contributed by atoms with Crippen molar-refractivity contribution in [3.8, 4) is 11.6 Å². The van der Waals surface area contributed by atoms with Crippen molar-refractivity contribution >= 4 is 0 Å². The summed E-state index contributed by atoms with van der Waals surface area (Å²) in [5, 5.41) is 19.1. The second kappa shape index (κ2) is 2.02. The van der Waals surface area contributed by atoms with Gasteiger partial charge in [0.2, 0.25) is 0 Å². The van der Waals surface area contributed by atoms with Crippen molar-refractivity contribution in [3.63, 3.8) is 0 Å². The maximum absolute atomic E-state index is 10.5. The van der Waals surface area contributed by atoms with Crippen LogP contribution in [0.15, 0.2) is 4.79 Å². The molecule has 1 rings (SSSR count). The molecule has 0 amide bonds. The molecule has 0 aliphatic heterocycles. The Labute approximate surface area is 56.0 Å². The summed E-state index contributed by atoms with van der Waals surface area (Å²) in [6, 6.07) is 0. The molecule has 1 aromatic rings. The SMILES string of the molecule is Cc1nc(O)c([O])c(=O)[nH]1. The molecule has 1 heterocycles. The average molecular weight is 141 g/mol. The number of nitrogens with one attached hydrogen (secondary N) is 1. The predicted molar refractivity (Wildman–Crippen MR) is 31.4 cm³/mol. The number of aromatic amines is 1. The lowest BCUT2D eigenvalue weighted by molar-refractivity contribution is 0.309. The van der Waals surface area contributed by atoms with Crippen molar-refractivity contribution in [2.75, 3.05) is 0 Å². The number of aromatic nitrogens is 2. The van der Waals surface area contributed by atoms with Crippen LogP contribution in [0, 0.1) is 6.92 Å². The van der Waals surface area contributed by atoms with Gasteiger partial charge in [0, 0.05) is 0 Å². The maximum atomic E-state index is 10.5. The molecule has 0 saturated heterocycles. The lowest BCUT2D eigenvalue weighted by atomic mass is 10.5. The topological polar surface area (TPSA) is 85.9 Å². The fourth-order valence-corrected chi connectivity index (χ4v) is 0.560. The van der Waals surface area contributed by atoms with Gasteiger partial charge in [0.05, 0.1) is 0 Å². The first-order valence-electron chi connectivity index (χ1n) is 2.58. The average Bonchev–Trinajstić information content (AvgIpc) is 1.82. The minimum absolute atomic E-state index is 0.224. The fraction of sp³-hybridized carbons (Fsp3) is 0.200. The van der Waals surface area contributed by atoms with Gasteiger partial charge in [-0.25, -0.2) is 0 Å². The highest BCUT2D eigenvalue weighted by molar-refractivity contribution is 5.26. The highest BCUT2D eigenvalue weighted by Gasteiger charge is 2.07. The molecule has 0 aliphatic carbocycles. The van der Waals surface area contributed by atoms with Gasteiger partial charge in [-0.2, -0.15) is 4.98 Å². The molecule has 10 heavy (non-hydrogen) atoms. The summed E-state index contributed by atoms with van der Waals surface area (Å²) in [6.45, 7) is 1.47. The van der Waals surface area contributed by atoms with E-state index in [0.29, 0.717) is 0 Å². The zero-order valence-corrected chi connectivity index (χ0v) is 5.21. The van der Waals surface area contributed by atoms with Gasteiger partial charge < -0.3 is 10.1 Å². The van der Waals surface area contributed by atoms with E-state index in [-0.39, 0.29) is 5.82 Å². The van der Waals surface area contributed by atoms with E-state index in [4.69, 9.17) is 5.11 Å². The molecule has 1 aromatic heterocycles. The number of nitrogens with zero attached hydrogens (tertiary/aromatic N) is 1. The predicted octanol–water partition coefficient (Wildman–Crippen LogP) is -0.0723. The van der Waals surface area contributed by atoms with Crippen molar-refractivity contribution in [3.05, 3.63) is 16.2 Å². The van der Waals surface area contributed by atoms with Crippen molar-refractivity contribution < 1.29 is 10.2 Å². The first kappa shape index (κ1) is 6.60. The van der Waals surface area contributed by atoms with Crippen molar-refractivity contribution in [2.45, 2.75) is 6.92 Å². The second-order valence-electron chi connectivity index (χ2n) is 1.80. The van der Waals surface area contributed by atoms with Crippen LogP contribution in [0.3, 0.4) is 0 Å². The Morgan fingerprint density at radius 1 is 1.60 bits per heavy atom. The van der Waals surface area contributed by atoms with E-state index in [0.717, 1.165) is 0 Å². The van der Waals surface area contributed by atoms with Gasteiger partial charge in [0.25, 0.3) is 5.88 Å². The van der Waals surface area contributed by atoms with E-state index in [1.807, 2.05) is 0 Å². The monoisotopic (exact) mass is 141 g/mol. The third kappa shape index (κ3) is 0.928. The Bertz CT molecular complexity index is 304. The lowest BCUT2D eigenvalue weighted by Crippen LogP contribution is -2.07. The Hall–Kier alpha value is -1.52. The molecule has 2 N–H and O–H groups in total. The summed E-state index contributed by atoms with van der Waals surface area (Å²) >= 11 is 0. The van der Waals surface area contributed by atoms with Crippen LogP contribution in [0.25, 0.3) is 0 Å². The van der Waals surface area contributed by atoms with Crippen LogP contribution in [-0.2, 0) is 5.11 Å². The van der Waals surface area contributed by atoms with Gasteiger partial charge in [-0.05, 0) is 6.92 Å². The molecule has 0 aromatic carbocycles. The molecule has 0 aliphatic rings. The van der Waals surface area contributed by atoms with E-state index in [1.165, 1.54) is 6.92 Å². The number of aryl methyl sites for hydroxylation is 1. The van der Waals surface area contributed by atoms with Crippen LogP contribution in [0.4, 0.5) is 0 Å². The van der Waals surface area contributed by atoms with E-state index in [1.54, 1.807) is 0 Å². The van der Waals surface area contributed by atoms with Crippen LogP contribution in [0.5, 0.6) is 11.6 Å². The van der Waals surface area contributed by atoms with Crippen LogP contribution in [0.2, 0.25) is 0 Å². The van der Waals surface area contributed by atoms with Crippen molar-refractivity contribution in [1.82, 2.24) is 9.97 Å². The molecule has 5 nitrogen and oxygen atoms in total. The minimum atomic E-state index is -0.995. The van der Waals surface area contributed by atoms with E-state index in [9.17, 15) is 9.90 Å². The maximum Gasteiger partial charge on any atom is 0.304 e. The van der Waals surface area contributed by atoms with Crippen LogP contribution in [0.1, 0.15) is 5.82 Å². The molecule has 0 atom stereocenters. The first-order valence-corrected chi connectivity index (χ1v) is 2.58. The summed E-state index contributed by atoms with van der Waals surface area (Å²) in [7, 11) is 0. The smallest absolute Gasteiger partial charge is 0.304 e. The van der Waals surface area contributed by atoms with E-state index in [2.05, 4.69) is 9.97 Å². The number of H-pyrrole nitrogens is 1. The molecule has 0 bridgehead atoms. The van der Waals surface area contributed by atoms with Gasteiger partial charge in [0.15, 0.2) is 0 Å². The molecular weight excluding hydrogens is 136 g/mol. The summed E-state index contributed by atoms with van der Waals surface area (Å²) in [5.74, 6) is -1.52. The minimum Gasteiger partial charge on any atom is -0.490 e. The summed E-state index contributed by atoms with van der Waals surface area (Å²) in [6.07, 6.45) is 0. The summed E-state index contributed by atoms with van der Waals surface area (Å²) in [5.41, 5.74) is -0.843. The quantitative estimate of drug-likeness (QED) is 0.530. The van der Waals surface area contributed by atoms with Crippen molar-refractivity contribution in [1.29, 1.82) is 0 Å². The first-order chi connectivity index (χ1) is 4.61. The molecule has 0 fully saturated rings. The largest absolute Gasteiger partial charge is 0.490 e. The standard InChI is InChI=1S/C5H5N2O3/c1-2-6-4(9)3(8)5(10)7-2/h1H3,(H2,6,7,9,10). The highest BCUT2D eigenvalue weighted by atomic mass is 16.3. The molecule has 53 valence electrons. The number of aromatic hydroxyl groups is 1. The normalized spacial score (nSPS) is 9.70. The summed E-state index contributed by atoms with van der Waals surface area (Å²) in [4.78, 5) is 16.0. The van der Waals surface area contributed by atoms with Crippen LogP contribution >= 0.6 is 0 Å². The third-order valence-corrected chi connectivity index (χ3v) is 0.977. The number of hydrogen-bond donors (Lipinski definition) is 2. The van der Waals surface area contributed by atoms with Crippen LogP contribution < -0.4 is 5.56 Å². The Morgan fingerprint density at radius 3 is 2.70 bits per heavy atom. The van der Waals surface area contributed by atoms with E-state index < -0.39 is 17.2 Å². The van der Waals surface area contributed by atoms with Crippen LogP contribution in [-0.4, -0.2) is 15.1 Å². The van der Waals surface area contributed by atoms with Crippen molar-refractivity contribution in [2.24, 2.45) is 0 Å². The van der Waals surface area contributed by atoms with Gasteiger partial charge in [0.1, 0.15) is 5.82 Å². The summed E-state index contributed by atoms with van der Waals surface area (Å²) < 4.78 is 0. The molecule has 1 radical (unpaired) electrons. The molecule has 0 spiro atoms. The van der Waals surface area contributed by atoms with Gasteiger partial charge >= 0.3 is 11.3 Å². The van der Waals surface area contributed by atoms with Gasteiger partial charge in [-0.15, -0.1) is 0 Å². The third-order valence-electron chi connectivity index (χ3n) is 0.977. The number of rotatable bonds is 0. The van der Waals surface area contributed by atoms with Gasteiger partial charge in [-0.1, -0.05) is 0 Å².